The van der Waals surface area contributed by atoms with Crippen LogP contribution in [0.25, 0.3) is 10.9 Å². The molecule has 5 rings (SSSR count). The molecule has 0 fully saturated rings. The number of carbonyl (C=O) groups excluding carboxylic acids is 1. The van der Waals surface area contributed by atoms with Crippen LogP contribution < -0.4 is 4.74 Å². The third-order valence-electron chi connectivity index (χ3n) is 5.91. The number of rotatable bonds is 5. The molecular formula is C24H24N4O2. The highest BCUT2D eigenvalue weighted by Crippen LogP contribution is 2.31. The van der Waals surface area contributed by atoms with E-state index in [1.54, 1.807) is 13.4 Å². The summed E-state index contributed by atoms with van der Waals surface area (Å²) in [5, 5.41) is 0.920. The monoisotopic (exact) mass is 400 g/mol. The second-order valence-corrected chi connectivity index (χ2v) is 7.78. The quantitative estimate of drug-likeness (QED) is 0.525. The van der Waals surface area contributed by atoms with Crippen LogP contribution in [0.1, 0.15) is 39.8 Å². The Balaban J connectivity index is 1.39. The molecule has 30 heavy (non-hydrogen) atoms. The molecule has 6 nitrogen and oxygen atoms in total. The average Bonchev–Trinajstić information content (AvgIpc) is 3.44. The Labute approximate surface area is 174 Å². The van der Waals surface area contributed by atoms with E-state index >= 15 is 0 Å². The number of aromatic nitrogens is 3. The summed E-state index contributed by atoms with van der Waals surface area (Å²) in [7, 11) is 1.64. The molecule has 3 heterocycles. The molecule has 2 aromatic carbocycles. The first-order chi connectivity index (χ1) is 14.7. The van der Waals surface area contributed by atoms with Crippen LogP contribution in [-0.2, 0) is 13.0 Å². The van der Waals surface area contributed by atoms with Crippen LogP contribution in [0.4, 0.5) is 0 Å². The van der Waals surface area contributed by atoms with Crippen molar-refractivity contribution in [3.8, 4) is 5.75 Å². The van der Waals surface area contributed by atoms with Crippen LogP contribution in [0.2, 0.25) is 0 Å². The predicted molar refractivity (Wildman–Crippen MR) is 116 cm³/mol. The number of nitrogens with zero attached hydrogens (tertiary/aromatic N) is 2. The van der Waals surface area contributed by atoms with E-state index in [1.165, 1.54) is 5.56 Å². The van der Waals surface area contributed by atoms with Gasteiger partial charge in [0.2, 0.25) is 0 Å². The molecule has 4 aromatic rings. The maximum absolute atomic E-state index is 13.3. The lowest BCUT2D eigenvalue weighted by Crippen LogP contribution is -2.38. The molecule has 6 heteroatoms. The van der Waals surface area contributed by atoms with Gasteiger partial charge in [-0.3, -0.25) is 4.79 Å². The number of benzene rings is 2. The number of imidazole rings is 1. The predicted octanol–water partition coefficient (Wildman–Crippen LogP) is 4.27. The van der Waals surface area contributed by atoms with Crippen molar-refractivity contribution in [2.24, 2.45) is 0 Å². The van der Waals surface area contributed by atoms with E-state index in [4.69, 9.17) is 4.74 Å². The molecule has 1 aliphatic heterocycles. The molecular weight excluding hydrogens is 376 g/mol. The molecule has 0 saturated carbocycles. The Morgan fingerprint density at radius 1 is 1.20 bits per heavy atom. The van der Waals surface area contributed by atoms with Crippen LogP contribution in [0.3, 0.4) is 0 Å². The SMILES string of the molecule is COc1cccc2[nH]c(C(=O)N3Cc4[nH]cnc4C(CCc4ccccc4)C3)cc12. The molecule has 1 aliphatic rings. The van der Waals surface area contributed by atoms with Gasteiger partial charge in [-0.2, -0.15) is 0 Å². The second kappa shape index (κ2) is 7.71. The molecule has 1 unspecified atom stereocenters. The minimum Gasteiger partial charge on any atom is -0.496 e. The van der Waals surface area contributed by atoms with Gasteiger partial charge in [0.1, 0.15) is 11.4 Å². The van der Waals surface area contributed by atoms with Gasteiger partial charge in [-0.1, -0.05) is 36.4 Å². The van der Waals surface area contributed by atoms with Crippen molar-refractivity contribution in [3.63, 3.8) is 0 Å². The van der Waals surface area contributed by atoms with Gasteiger partial charge in [-0.05, 0) is 36.6 Å². The highest BCUT2D eigenvalue weighted by atomic mass is 16.5. The Hall–Kier alpha value is -3.54. The van der Waals surface area contributed by atoms with E-state index in [9.17, 15) is 4.79 Å². The van der Waals surface area contributed by atoms with Gasteiger partial charge >= 0.3 is 0 Å². The van der Waals surface area contributed by atoms with E-state index in [0.29, 0.717) is 18.8 Å². The normalized spacial score (nSPS) is 15.9. The van der Waals surface area contributed by atoms with Gasteiger partial charge in [0, 0.05) is 23.4 Å². The standard InChI is InChI=1S/C24H24N4O2/c1-30-22-9-5-8-19-18(22)12-20(27-19)24(29)28-13-17(23-21(14-28)25-15-26-23)11-10-16-6-3-2-4-7-16/h2-9,12,15,17,27H,10-11,13-14H2,1H3,(H,25,26). The molecule has 2 aromatic heterocycles. The number of carbonyl (C=O) groups is 1. The van der Waals surface area contributed by atoms with E-state index in [1.807, 2.05) is 35.2 Å². The lowest BCUT2D eigenvalue weighted by Gasteiger charge is -2.32. The third kappa shape index (κ3) is 3.34. The number of amides is 1. The van der Waals surface area contributed by atoms with E-state index in [2.05, 4.69) is 39.2 Å². The minimum absolute atomic E-state index is 0.00165. The van der Waals surface area contributed by atoms with Gasteiger partial charge in [0.25, 0.3) is 5.91 Å². The molecule has 0 spiro atoms. The number of aryl methyl sites for hydroxylation is 1. The molecule has 0 saturated heterocycles. The van der Waals surface area contributed by atoms with E-state index in [-0.39, 0.29) is 11.8 Å². The number of methoxy groups -OCH3 is 1. The van der Waals surface area contributed by atoms with Crippen molar-refractivity contribution in [1.29, 1.82) is 0 Å². The summed E-state index contributed by atoms with van der Waals surface area (Å²) in [5.41, 5.74) is 4.91. The summed E-state index contributed by atoms with van der Waals surface area (Å²) >= 11 is 0. The van der Waals surface area contributed by atoms with Crippen molar-refractivity contribution in [3.05, 3.63) is 83.6 Å². The third-order valence-corrected chi connectivity index (χ3v) is 5.91. The van der Waals surface area contributed by atoms with Crippen LogP contribution in [-0.4, -0.2) is 39.4 Å². The topological polar surface area (TPSA) is 74.0 Å². The van der Waals surface area contributed by atoms with Crippen molar-refractivity contribution in [2.45, 2.75) is 25.3 Å². The first-order valence-electron chi connectivity index (χ1n) is 10.2. The fourth-order valence-electron chi connectivity index (χ4n) is 4.38. The number of fused-ring (bicyclic) bond motifs is 2. The number of H-pyrrole nitrogens is 2. The number of aromatic amines is 2. The summed E-state index contributed by atoms with van der Waals surface area (Å²) in [6.45, 7) is 1.21. The minimum atomic E-state index is -0.00165. The van der Waals surface area contributed by atoms with E-state index in [0.717, 1.165) is 40.9 Å². The molecule has 0 radical (unpaired) electrons. The lowest BCUT2D eigenvalue weighted by atomic mass is 9.91. The highest BCUT2D eigenvalue weighted by Gasteiger charge is 2.31. The summed E-state index contributed by atoms with van der Waals surface area (Å²) in [6, 6.07) is 18.1. The zero-order chi connectivity index (χ0) is 20.5. The maximum Gasteiger partial charge on any atom is 0.270 e. The zero-order valence-corrected chi connectivity index (χ0v) is 16.9. The van der Waals surface area contributed by atoms with Crippen LogP contribution in [0.15, 0.2) is 60.9 Å². The Kier molecular flexibility index (Phi) is 4.75. The Morgan fingerprint density at radius 3 is 2.90 bits per heavy atom. The number of ether oxygens (including phenoxy) is 1. The number of nitrogens with one attached hydrogen (secondary N) is 2. The van der Waals surface area contributed by atoms with Gasteiger partial charge in [0.15, 0.2) is 0 Å². The first-order valence-corrected chi connectivity index (χ1v) is 10.2. The molecule has 1 amide bonds. The molecule has 0 aliphatic carbocycles. The van der Waals surface area contributed by atoms with Crippen LogP contribution >= 0.6 is 0 Å². The zero-order valence-electron chi connectivity index (χ0n) is 16.9. The Bertz CT molecular complexity index is 1180. The average molecular weight is 400 g/mol. The Morgan fingerprint density at radius 2 is 2.07 bits per heavy atom. The van der Waals surface area contributed by atoms with Gasteiger partial charge in [-0.25, -0.2) is 4.98 Å². The molecule has 0 bridgehead atoms. The van der Waals surface area contributed by atoms with Crippen molar-refractivity contribution in [2.75, 3.05) is 13.7 Å². The first kappa shape index (κ1) is 18.5. The molecule has 152 valence electrons. The summed E-state index contributed by atoms with van der Waals surface area (Å²) in [5.74, 6) is 0.972. The maximum atomic E-state index is 13.3. The highest BCUT2D eigenvalue weighted by molar-refractivity contribution is 5.99. The fraction of sp³-hybridized carbons (Fsp3) is 0.250. The largest absolute Gasteiger partial charge is 0.496 e. The summed E-state index contributed by atoms with van der Waals surface area (Å²) in [4.78, 5) is 26.3. The fourth-order valence-corrected chi connectivity index (χ4v) is 4.38. The molecule has 2 N–H and O–H groups in total. The van der Waals surface area contributed by atoms with Gasteiger partial charge < -0.3 is 19.6 Å². The number of hydrogen-bond acceptors (Lipinski definition) is 3. The summed E-state index contributed by atoms with van der Waals surface area (Å²) in [6.07, 6.45) is 3.65. The summed E-state index contributed by atoms with van der Waals surface area (Å²) < 4.78 is 5.43. The van der Waals surface area contributed by atoms with E-state index < -0.39 is 0 Å². The van der Waals surface area contributed by atoms with Gasteiger partial charge in [-0.15, -0.1) is 0 Å². The molecule has 1 atom stereocenters. The second-order valence-electron chi connectivity index (χ2n) is 7.78. The van der Waals surface area contributed by atoms with Crippen molar-refractivity contribution < 1.29 is 9.53 Å². The number of hydrogen-bond donors (Lipinski definition) is 2. The van der Waals surface area contributed by atoms with Crippen LogP contribution in [0.5, 0.6) is 5.75 Å². The van der Waals surface area contributed by atoms with Gasteiger partial charge in [0.05, 0.1) is 31.4 Å². The lowest BCUT2D eigenvalue weighted by molar-refractivity contribution is 0.0706. The van der Waals surface area contributed by atoms with Crippen molar-refractivity contribution in [1.82, 2.24) is 19.9 Å². The van der Waals surface area contributed by atoms with Crippen molar-refractivity contribution >= 4 is 16.8 Å². The van der Waals surface area contributed by atoms with Crippen LogP contribution in [0, 0.1) is 0 Å². The smallest absolute Gasteiger partial charge is 0.270 e.